The fraction of sp³-hybridized carbons (Fsp3) is 0.357. The molecule has 3 heteroatoms. The van der Waals surface area contributed by atoms with Crippen LogP contribution >= 0.6 is 0 Å². The van der Waals surface area contributed by atoms with Gasteiger partial charge >= 0.3 is 0 Å². The minimum absolute atomic E-state index is 0.0206. The standard InChI is InChI=1S/C14H15NO2/c1-8-3-4-10-7-11-13(16)6-9(2)17-14(11)15-12(10)5-8/h3-5,7,9,13,16H,6H2,1-2H3/t9-,13-/m0/s1. The summed E-state index contributed by atoms with van der Waals surface area (Å²) in [6.07, 6.45) is 0.186. The summed E-state index contributed by atoms with van der Waals surface area (Å²) >= 11 is 0. The van der Waals surface area contributed by atoms with E-state index in [9.17, 15) is 5.11 Å². The summed E-state index contributed by atoms with van der Waals surface area (Å²) in [6.45, 7) is 3.99. The van der Waals surface area contributed by atoms with E-state index in [4.69, 9.17) is 4.74 Å². The number of aliphatic hydroxyl groups is 1. The Morgan fingerprint density at radius 3 is 3.00 bits per heavy atom. The van der Waals surface area contributed by atoms with E-state index >= 15 is 0 Å². The molecule has 0 saturated heterocycles. The monoisotopic (exact) mass is 229 g/mol. The van der Waals surface area contributed by atoms with E-state index < -0.39 is 6.10 Å². The average Bonchev–Trinajstić information content (AvgIpc) is 2.26. The predicted molar refractivity (Wildman–Crippen MR) is 66.1 cm³/mol. The van der Waals surface area contributed by atoms with Crippen LogP contribution in [-0.2, 0) is 0 Å². The number of hydrogen-bond donors (Lipinski definition) is 1. The Kier molecular flexibility index (Phi) is 2.30. The van der Waals surface area contributed by atoms with Crippen LogP contribution in [0, 0.1) is 6.92 Å². The van der Waals surface area contributed by atoms with Gasteiger partial charge in [-0.25, -0.2) is 4.98 Å². The molecule has 1 aromatic heterocycles. The number of nitrogens with zero attached hydrogens (tertiary/aromatic N) is 1. The lowest BCUT2D eigenvalue weighted by Crippen LogP contribution is -2.23. The third-order valence-corrected chi connectivity index (χ3v) is 3.19. The van der Waals surface area contributed by atoms with Crippen LogP contribution in [0.5, 0.6) is 5.88 Å². The van der Waals surface area contributed by atoms with Crippen molar-refractivity contribution in [3.63, 3.8) is 0 Å². The van der Waals surface area contributed by atoms with Crippen LogP contribution in [0.25, 0.3) is 10.9 Å². The van der Waals surface area contributed by atoms with Gasteiger partial charge in [-0.3, -0.25) is 0 Å². The fourth-order valence-corrected chi connectivity index (χ4v) is 2.29. The van der Waals surface area contributed by atoms with Gasteiger partial charge in [-0.1, -0.05) is 12.1 Å². The van der Waals surface area contributed by atoms with E-state index in [1.165, 1.54) is 5.56 Å². The maximum atomic E-state index is 10.0. The molecule has 3 rings (SSSR count). The zero-order chi connectivity index (χ0) is 12.0. The Labute approximate surface area is 100 Å². The number of fused-ring (bicyclic) bond motifs is 2. The first kappa shape index (κ1) is 10.5. The second-order valence-corrected chi connectivity index (χ2v) is 4.76. The van der Waals surface area contributed by atoms with Crippen LogP contribution < -0.4 is 4.74 Å². The van der Waals surface area contributed by atoms with Gasteiger partial charge in [-0.05, 0) is 31.5 Å². The van der Waals surface area contributed by atoms with Crippen molar-refractivity contribution in [2.75, 3.05) is 0 Å². The van der Waals surface area contributed by atoms with Gasteiger partial charge in [-0.2, -0.15) is 0 Å². The lowest BCUT2D eigenvalue weighted by Gasteiger charge is -2.26. The van der Waals surface area contributed by atoms with Crippen molar-refractivity contribution in [3.8, 4) is 5.88 Å². The van der Waals surface area contributed by atoms with Gasteiger partial charge < -0.3 is 9.84 Å². The van der Waals surface area contributed by atoms with Gasteiger partial charge in [0.2, 0.25) is 5.88 Å². The van der Waals surface area contributed by atoms with Crippen molar-refractivity contribution in [2.24, 2.45) is 0 Å². The summed E-state index contributed by atoms with van der Waals surface area (Å²) < 4.78 is 5.68. The van der Waals surface area contributed by atoms with Crippen LogP contribution in [0.1, 0.15) is 30.6 Å². The molecule has 0 amide bonds. The molecule has 88 valence electrons. The van der Waals surface area contributed by atoms with Gasteiger partial charge in [0.15, 0.2) is 0 Å². The molecule has 0 unspecified atom stereocenters. The maximum Gasteiger partial charge on any atom is 0.220 e. The molecule has 2 aromatic rings. The SMILES string of the molecule is Cc1ccc2cc3c(nc2c1)O[C@@H](C)C[C@@H]3O. The molecule has 3 nitrogen and oxygen atoms in total. The van der Waals surface area contributed by atoms with Gasteiger partial charge in [0, 0.05) is 17.4 Å². The number of aryl methyl sites for hydroxylation is 1. The van der Waals surface area contributed by atoms with Crippen molar-refractivity contribution < 1.29 is 9.84 Å². The Hall–Kier alpha value is -1.61. The Morgan fingerprint density at radius 1 is 1.35 bits per heavy atom. The van der Waals surface area contributed by atoms with Gasteiger partial charge in [0.05, 0.1) is 11.6 Å². The highest BCUT2D eigenvalue weighted by Gasteiger charge is 2.25. The summed E-state index contributed by atoms with van der Waals surface area (Å²) in [5, 5.41) is 11.1. The molecular weight excluding hydrogens is 214 g/mol. The lowest BCUT2D eigenvalue weighted by atomic mass is 10.00. The molecule has 2 atom stereocenters. The van der Waals surface area contributed by atoms with Crippen LogP contribution in [0.2, 0.25) is 0 Å². The summed E-state index contributed by atoms with van der Waals surface area (Å²) in [6, 6.07) is 8.09. The Bertz CT molecular complexity index is 580. The van der Waals surface area contributed by atoms with Gasteiger partial charge in [0.1, 0.15) is 6.10 Å². The molecule has 1 N–H and O–H groups in total. The number of rotatable bonds is 0. The predicted octanol–water partition coefficient (Wildman–Crippen LogP) is 2.75. The molecule has 2 heterocycles. The van der Waals surface area contributed by atoms with Crippen LogP contribution in [-0.4, -0.2) is 16.2 Å². The smallest absolute Gasteiger partial charge is 0.220 e. The first-order valence-corrected chi connectivity index (χ1v) is 5.89. The zero-order valence-corrected chi connectivity index (χ0v) is 9.97. The summed E-state index contributed by atoms with van der Waals surface area (Å²) in [4.78, 5) is 4.50. The third kappa shape index (κ3) is 1.76. The van der Waals surface area contributed by atoms with Gasteiger partial charge in [0.25, 0.3) is 0 Å². The molecule has 0 aliphatic carbocycles. The second-order valence-electron chi connectivity index (χ2n) is 4.76. The molecule has 1 aromatic carbocycles. The molecule has 0 bridgehead atoms. The normalized spacial score (nSPS) is 23.2. The first-order chi connectivity index (χ1) is 8.13. The quantitative estimate of drug-likeness (QED) is 0.755. The molecule has 0 fully saturated rings. The highest BCUT2D eigenvalue weighted by atomic mass is 16.5. The number of pyridine rings is 1. The Morgan fingerprint density at radius 2 is 2.18 bits per heavy atom. The van der Waals surface area contributed by atoms with Crippen LogP contribution in [0.3, 0.4) is 0 Å². The summed E-state index contributed by atoms with van der Waals surface area (Å²) in [5.41, 5.74) is 2.90. The number of aromatic nitrogens is 1. The maximum absolute atomic E-state index is 10.0. The Balaban J connectivity index is 2.22. The second kappa shape index (κ2) is 3.70. The molecule has 17 heavy (non-hydrogen) atoms. The highest BCUT2D eigenvalue weighted by molar-refractivity contribution is 5.81. The number of ether oxygens (including phenoxy) is 1. The first-order valence-electron chi connectivity index (χ1n) is 5.89. The molecule has 0 spiro atoms. The lowest BCUT2D eigenvalue weighted by molar-refractivity contribution is 0.0713. The van der Waals surface area contributed by atoms with Crippen molar-refractivity contribution in [1.82, 2.24) is 4.98 Å². The number of hydrogen-bond acceptors (Lipinski definition) is 3. The number of benzene rings is 1. The van der Waals surface area contributed by atoms with Crippen molar-refractivity contribution >= 4 is 10.9 Å². The van der Waals surface area contributed by atoms with Crippen molar-refractivity contribution in [2.45, 2.75) is 32.5 Å². The summed E-state index contributed by atoms with van der Waals surface area (Å²) in [7, 11) is 0. The van der Waals surface area contributed by atoms with Crippen molar-refractivity contribution in [1.29, 1.82) is 0 Å². The molecule has 0 radical (unpaired) electrons. The molecule has 1 aliphatic heterocycles. The molecular formula is C14H15NO2. The van der Waals surface area contributed by atoms with E-state index in [1.54, 1.807) is 0 Å². The van der Waals surface area contributed by atoms with Gasteiger partial charge in [-0.15, -0.1) is 0 Å². The van der Waals surface area contributed by atoms with E-state index in [1.807, 2.05) is 32.0 Å². The molecule has 1 aliphatic rings. The van der Waals surface area contributed by atoms with E-state index in [0.717, 1.165) is 16.5 Å². The highest BCUT2D eigenvalue weighted by Crippen LogP contribution is 2.35. The largest absolute Gasteiger partial charge is 0.474 e. The average molecular weight is 229 g/mol. The van der Waals surface area contributed by atoms with Crippen LogP contribution in [0.4, 0.5) is 0 Å². The van der Waals surface area contributed by atoms with E-state index in [0.29, 0.717) is 12.3 Å². The summed E-state index contributed by atoms with van der Waals surface area (Å²) in [5.74, 6) is 0.578. The number of aliphatic hydroxyl groups excluding tert-OH is 1. The van der Waals surface area contributed by atoms with Crippen molar-refractivity contribution in [3.05, 3.63) is 35.4 Å². The minimum atomic E-state index is -0.466. The topological polar surface area (TPSA) is 42.4 Å². The van der Waals surface area contributed by atoms with E-state index in [-0.39, 0.29) is 6.10 Å². The molecule has 0 saturated carbocycles. The minimum Gasteiger partial charge on any atom is -0.474 e. The van der Waals surface area contributed by atoms with E-state index in [2.05, 4.69) is 11.1 Å². The van der Waals surface area contributed by atoms with Crippen LogP contribution in [0.15, 0.2) is 24.3 Å². The zero-order valence-electron chi connectivity index (χ0n) is 9.97. The third-order valence-electron chi connectivity index (χ3n) is 3.19. The fourth-order valence-electron chi connectivity index (χ4n) is 2.29.